The zero-order valence-electron chi connectivity index (χ0n) is 15.4. The minimum atomic E-state index is -1.48. The van der Waals surface area contributed by atoms with Crippen LogP contribution in [0.2, 0.25) is 0 Å². The van der Waals surface area contributed by atoms with Crippen LogP contribution in [-0.4, -0.2) is 85.7 Å². The van der Waals surface area contributed by atoms with Crippen LogP contribution in [0.3, 0.4) is 0 Å². The van der Waals surface area contributed by atoms with Crippen molar-refractivity contribution in [2.24, 2.45) is 0 Å². The van der Waals surface area contributed by atoms with E-state index in [9.17, 15) is 20.4 Å². The van der Waals surface area contributed by atoms with E-state index in [0.29, 0.717) is 22.8 Å². The predicted molar refractivity (Wildman–Crippen MR) is 94.9 cm³/mol. The SMILES string of the molecule is COc1ccc(C=CCOC2OC(CO)C(O)C(O)C2O)c(OC)c1OC. The molecule has 0 spiro atoms. The number of aliphatic hydroxyl groups excluding tert-OH is 4. The molecule has 9 heteroatoms. The van der Waals surface area contributed by atoms with Crippen molar-refractivity contribution in [2.45, 2.75) is 30.7 Å². The van der Waals surface area contributed by atoms with Crippen molar-refractivity contribution in [2.75, 3.05) is 34.5 Å². The van der Waals surface area contributed by atoms with Gasteiger partial charge < -0.3 is 44.1 Å². The van der Waals surface area contributed by atoms with Gasteiger partial charge >= 0.3 is 0 Å². The molecule has 0 aliphatic carbocycles. The van der Waals surface area contributed by atoms with Gasteiger partial charge in [-0.25, -0.2) is 0 Å². The van der Waals surface area contributed by atoms with E-state index in [2.05, 4.69) is 0 Å². The Labute approximate surface area is 157 Å². The van der Waals surface area contributed by atoms with Crippen LogP contribution in [-0.2, 0) is 9.47 Å². The molecule has 1 fully saturated rings. The van der Waals surface area contributed by atoms with E-state index in [4.69, 9.17) is 23.7 Å². The van der Waals surface area contributed by atoms with Crippen LogP contribution < -0.4 is 14.2 Å². The summed E-state index contributed by atoms with van der Waals surface area (Å²) in [5.74, 6) is 1.47. The summed E-state index contributed by atoms with van der Waals surface area (Å²) in [5.41, 5.74) is 0.715. The summed E-state index contributed by atoms with van der Waals surface area (Å²) in [5, 5.41) is 38.6. The highest BCUT2D eigenvalue weighted by Crippen LogP contribution is 2.40. The second-order valence-electron chi connectivity index (χ2n) is 5.86. The standard InChI is InChI=1S/C18H26O9/c1-23-11-7-6-10(16(24-2)17(11)25-3)5-4-8-26-18-15(22)14(21)13(20)12(9-19)27-18/h4-7,12-15,18-22H,8-9H2,1-3H3. The fourth-order valence-corrected chi connectivity index (χ4v) is 2.79. The van der Waals surface area contributed by atoms with Gasteiger partial charge in [-0.2, -0.15) is 0 Å². The Bertz CT molecular complexity index is 632. The minimum Gasteiger partial charge on any atom is -0.493 e. The molecule has 0 radical (unpaired) electrons. The zero-order valence-corrected chi connectivity index (χ0v) is 15.4. The van der Waals surface area contributed by atoms with E-state index in [1.165, 1.54) is 21.3 Å². The van der Waals surface area contributed by atoms with Crippen LogP contribution in [0.25, 0.3) is 6.08 Å². The summed E-state index contributed by atoms with van der Waals surface area (Å²) in [6, 6.07) is 3.52. The summed E-state index contributed by atoms with van der Waals surface area (Å²) in [6.45, 7) is -0.469. The first-order valence-electron chi connectivity index (χ1n) is 8.36. The van der Waals surface area contributed by atoms with Gasteiger partial charge in [0.1, 0.15) is 24.4 Å². The molecule has 2 rings (SSSR count). The Hall–Kier alpha value is -1.88. The first kappa shape index (κ1) is 21.4. The van der Waals surface area contributed by atoms with Gasteiger partial charge in [-0.3, -0.25) is 0 Å². The van der Waals surface area contributed by atoms with Gasteiger partial charge in [0.2, 0.25) is 5.75 Å². The first-order valence-corrected chi connectivity index (χ1v) is 8.36. The lowest BCUT2D eigenvalue weighted by atomic mass is 9.99. The number of aliphatic hydroxyl groups is 4. The summed E-state index contributed by atoms with van der Waals surface area (Å²) >= 11 is 0. The molecule has 9 nitrogen and oxygen atoms in total. The maximum absolute atomic E-state index is 9.93. The van der Waals surface area contributed by atoms with E-state index in [1.54, 1.807) is 24.3 Å². The van der Waals surface area contributed by atoms with Crippen LogP contribution in [0.1, 0.15) is 5.56 Å². The van der Waals surface area contributed by atoms with Crippen molar-refractivity contribution < 1.29 is 44.1 Å². The lowest BCUT2D eigenvalue weighted by molar-refractivity contribution is -0.298. The molecule has 5 unspecified atom stereocenters. The second kappa shape index (κ2) is 9.88. The molecular weight excluding hydrogens is 360 g/mol. The van der Waals surface area contributed by atoms with Gasteiger partial charge in [0, 0.05) is 5.56 Å². The third-order valence-electron chi connectivity index (χ3n) is 4.24. The molecule has 1 aromatic rings. The quantitative estimate of drug-likeness (QED) is 0.469. The molecule has 152 valence electrons. The van der Waals surface area contributed by atoms with Crippen molar-refractivity contribution in [3.63, 3.8) is 0 Å². The molecule has 0 saturated carbocycles. The average Bonchev–Trinajstić information content (AvgIpc) is 2.69. The molecular formula is C18H26O9. The molecule has 0 aromatic heterocycles. The van der Waals surface area contributed by atoms with Crippen LogP contribution in [0.5, 0.6) is 17.2 Å². The summed E-state index contributed by atoms with van der Waals surface area (Å²) in [6.07, 6.45) is -3.14. The number of rotatable bonds is 8. The largest absolute Gasteiger partial charge is 0.493 e. The molecule has 0 amide bonds. The fraction of sp³-hybridized carbons (Fsp3) is 0.556. The van der Waals surface area contributed by atoms with Gasteiger partial charge in [-0.1, -0.05) is 12.2 Å². The average molecular weight is 386 g/mol. The smallest absolute Gasteiger partial charge is 0.203 e. The highest BCUT2D eigenvalue weighted by atomic mass is 16.7. The highest BCUT2D eigenvalue weighted by Gasteiger charge is 2.43. The summed E-state index contributed by atoms with van der Waals surface area (Å²) in [4.78, 5) is 0. The minimum absolute atomic E-state index is 0.0419. The molecule has 27 heavy (non-hydrogen) atoms. The van der Waals surface area contributed by atoms with Crippen LogP contribution in [0.15, 0.2) is 18.2 Å². The Morgan fingerprint density at radius 1 is 0.963 bits per heavy atom. The van der Waals surface area contributed by atoms with Gasteiger partial charge in [0.05, 0.1) is 34.5 Å². The third-order valence-corrected chi connectivity index (χ3v) is 4.24. The maximum Gasteiger partial charge on any atom is 0.203 e. The van der Waals surface area contributed by atoms with Crippen molar-refractivity contribution in [3.8, 4) is 17.2 Å². The Kier molecular flexibility index (Phi) is 7.84. The maximum atomic E-state index is 9.93. The van der Waals surface area contributed by atoms with E-state index in [-0.39, 0.29) is 6.61 Å². The summed E-state index contributed by atoms with van der Waals surface area (Å²) < 4.78 is 26.6. The first-order chi connectivity index (χ1) is 13.0. The van der Waals surface area contributed by atoms with Crippen LogP contribution in [0.4, 0.5) is 0 Å². The number of methoxy groups -OCH3 is 3. The lowest BCUT2D eigenvalue weighted by Gasteiger charge is -2.39. The van der Waals surface area contributed by atoms with Crippen molar-refractivity contribution in [3.05, 3.63) is 23.8 Å². The van der Waals surface area contributed by atoms with E-state index >= 15 is 0 Å². The highest BCUT2D eigenvalue weighted by molar-refractivity contribution is 5.66. The van der Waals surface area contributed by atoms with Crippen LogP contribution in [0, 0.1) is 0 Å². The second-order valence-corrected chi connectivity index (χ2v) is 5.86. The van der Waals surface area contributed by atoms with Gasteiger partial charge in [-0.05, 0) is 12.1 Å². The van der Waals surface area contributed by atoms with Crippen molar-refractivity contribution in [1.29, 1.82) is 0 Å². The van der Waals surface area contributed by atoms with E-state index in [0.717, 1.165) is 0 Å². The van der Waals surface area contributed by atoms with E-state index in [1.807, 2.05) is 0 Å². The van der Waals surface area contributed by atoms with Gasteiger partial charge in [0.15, 0.2) is 17.8 Å². The Morgan fingerprint density at radius 2 is 1.67 bits per heavy atom. The number of hydrogen-bond donors (Lipinski definition) is 4. The lowest BCUT2D eigenvalue weighted by Crippen LogP contribution is -2.59. The fourth-order valence-electron chi connectivity index (χ4n) is 2.79. The van der Waals surface area contributed by atoms with E-state index < -0.39 is 37.3 Å². The predicted octanol–water partition coefficient (Wildman–Crippen LogP) is -0.458. The molecule has 4 N–H and O–H groups in total. The molecule has 1 aliphatic rings. The molecule has 1 saturated heterocycles. The van der Waals surface area contributed by atoms with Gasteiger partial charge in [-0.15, -0.1) is 0 Å². The Morgan fingerprint density at radius 3 is 2.26 bits per heavy atom. The number of hydrogen-bond acceptors (Lipinski definition) is 9. The molecule has 0 bridgehead atoms. The van der Waals surface area contributed by atoms with Gasteiger partial charge in [0.25, 0.3) is 0 Å². The third kappa shape index (κ3) is 4.70. The molecule has 5 atom stereocenters. The normalized spacial score (nSPS) is 28.3. The monoisotopic (exact) mass is 386 g/mol. The number of benzene rings is 1. The number of ether oxygens (including phenoxy) is 5. The van der Waals surface area contributed by atoms with Crippen molar-refractivity contribution >= 4 is 6.08 Å². The Balaban J connectivity index is 2.03. The summed E-state index contributed by atoms with van der Waals surface area (Å²) in [7, 11) is 4.55. The molecule has 1 aliphatic heterocycles. The topological polar surface area (TPSA) is 127 Å². The van der Waals surface area contributed by atoms with Crippen LogP contribution >= 0.6 is 0 Å². The van der Waals surface area contributed by atoms with Crippen molar-refractivity contribution in [1.82, 2.24) is 0 Å². The molecule has 1 aromatic carbocycles. The molecule has 1 heterocycles. The zero-order chi connectivity index (χ0) is 20.0.